The molecule has 0 amide bonds. The maximum Gasteiger partial charge on any atom is 0.0664 e. The largest absolute Gasteiger partial charge is 0.392 e. The molecule has 3 heteroatoms. The van der Waals surface area contributed by atoms with Crippen molar-refractivity contribution in [1.82, 2.24) is 5.32 Å². The summed E-state index contributed by atoms with van der Waals surface area (Å²) in [6.07, 6.45) is 16.7. The second-order valence-electron chi connectivity index (χ2n) is 6.32. The van der Waals surface area contributed by atoms with E-state index >= 15 is 0 Å². The molecule has 0 aromatic heterocycles. The first-order valence-electron chi connectivity index (χ1n) is 9.40. The van der Waals surface area contributed by atoms with Gasteiger partial charge in [0, 0.05) is 6.54 Å². The summed E-state index contributed by atoms with van der Waals surface area (Å²) in [6, 6.07) is 0. The third-order valence-corrected chi connectivity index (χ3v) is 4.08. The van der Waals surface area contributed by atoms with Crippen molar-refractivity contribution in [3.05, 3.63) is 0 Å². The van der Waals surface area contributed by atoms with Gasteiger partial charge in [0.25, 0.3) is 0 Å². The molecule has 0 radical (unpaired) electrons. The lowest BCUT2D eigenvalue weighted by molar-refractivity contribution is 0.158. The Hall–Kier alpha value is -0.120. The minimum absolute atomic E-state index is 0.179. The van der Waals surface area contributed by atoms with Crippen molar-refractivity contribution in [2.75, 3.05) is 19.6 Å². The van der Waals surface area contributed by atoms with Crippen LogP contribution in [0.4, 0.5) is 0 Å². The summed E-state index contributed by atoms with van der Waals surface area (Å²) in [5, 5.41) is 13.0. The topological polar surface area (TPSA) is 58.3 Å². The maximum atomic E-state index is 9.80. The molecule has 128 valence electrons. The Labute approximate surface area is 133 Å². The van der Waals surface area contributed by atoms with Gasteiger partial charge in [0.05, 0.1) is 6.10 Å². The molecule has 0 rings (SSSR count). The summed E-state index contributed by atoms with van der Waals surface area (Å²) in [4.78, 5) is 0. The van der Waals surface area contributed by atoms with Gasteiger partial charge in [-0.25, -0.2) is 0 Å². The average Bonchev–Trinajstić information content (AvgIpc) is 2.49. The van der Waals surface area contributed by atoms with Gasteiger partial charge in [0.15, 0.2) is 0 Å². The Morgan fingerprint density at radius 1 is 0.810 bits per heavy atom. The van der Waals surface area contributed by atoms with Gasteiger partial charge in [-0.3, -0.25) is 0 Å². The molecule has 0 aromatic rings. The fourth-order valence-electron chi connectivity index (χ4n) is 2.64. The first-order valence-corrected chi connectivity index (χ1v) is 9.40. The van der Waals surface area contributed by atoms with E-state index in [2.05, 4.69) is 12.2 Å². The van der Waals surface area contributed by atoms with E-state index in [-0.39, 0.29) is 6.10 Å². The Balaban J connectivity index is 3.07. The fraction of sp³-hybridized carbons (Fsp3) is 1.00. The van der Waals surface area contributed by atoms with Crippen LogP contribution in [0.25, 0.3) is 0 Å². The molecular formula is C18H40N2O. The van der Waals surface area contributed by atoms with E-state index in [1.165, 1.54) is 64.2 Å². The van der Waals surface area contributed by atoms with Crippen LogP contribution >= 0.6 is 0 Å². The van der Waals surface area contributed by atoms with Crippen LogP contribution in [-0.2, 0) is 0 Å². The van der Waals surface area contributed by atoms with Crippen LogP contribution in [-0.4, -0.2) is 30.8 Å². The zero-order valence-electron chi connectivity index (χ0n) is 14.4. The van der Waals surface area contributed by atoms with Gasteiger partial charge in [-0.2, -0.15) is 0 Å². The standard InChI is InChI=1S/C18H40N2O/c1-2-3-4-5-6-7-8-9-10-11-12-14-18(21)17-20-16-13-15-19/h18,20-21H,2-17,19H2,1H3. The molecule has 21 heavy (non-hydrogen) atoms. The molecule has 1 atom stereocenters. The molecular weight excluding hydrogens is 260 g/mol. The highest BCUT2D eigenvalue weighted by Gasteiger charge is 2.02. The van der Waals surface area contributed by atoms with E-state index in [0.717, 1.165) is 38.9 Å². The van der Waals surface area contributed by atoms with Crippen molar-refractivity contribution < 1.29 is 5.11 Å². The molecule has 0 spiro atoms. The highest BCUT2D eigenvalue weighted by atomic mass is 16.3. The van der Waals surface area contributed by atoms with Gasteiger partial charge in [-0.1, -0.05) is 77.6 Å². The molecule has 0 aliphatic carbocycles. The van der Waals surface area contributed by atoms with Gasteiger partial charge in [0.2, 0.25) is 0 Å². The van der Waals surface area contributed by atoms with E-state index in [1.54, 1.807) is 0 Å². The van der Waals surface area contributed by atoms with Gasteiger partial charge in [-0.05, 0) is 25.9 Å². The minimum Gasteiger partial charge on any atom is -0.392 e. The molecule has 0 saturated heterocycles. The normalized spacial score (nSPS) is 12.7. The molecule has 4 N–H and O–H groups in total. The second kappa shape index (κ2) is 17.9. The smallest absolute Gasteiger partial charge is 0.0664 e. The van der Waals surface area contributed by atoms with Crippen molar-refractivity contribution in [1.29, 1.82) is 0 Å². The van der Waals surface area contributed by atoms with E-state index < -0.39 is 0 Å². The Kier molecular flexibility index (Phi) is 17.8. The van der Waals surface area contributed by atoms with E-state index in [0.29, 0.717) is 0 Å². The van der Waals surface area contributed by atoms with Crippen molar-refractivity contribution in [2.24, 2.45) is 5.73 Å². The molecule has 0 bridgehead atoms. The number of aliphatic hydroxyl groups is 1. The van der Waals surface area contributed by atoms with Gasteiger partial charge < -0.3 is 16.2 Å². The number of unbranched alkanes of at least 4 members (excludes halogenated alkanes) is 10. The summed E-state index contributed by atoms with van der Waals surface area (Å²) in [5.41, 5.74) is 5.42. The molecule has 0 fully saturated rings. The molecule has 0 saturated carbocycles. The quantitative estimate of drug-likeness (QED) is 0.356. The lowest BCUT2D eigenvalue weighted by Gasteiger charge is -2.11. The summed E-state index contributed by atoms with van der Waals surface area (Å²) in [7, 11) is 0. The highest BCUT2D eigenvalue weighted by Crippen LogP contribution is 2.12. The summed E-state index contributed by atoms with van der Waals surface area (Å²) >= 11 is 0. The Bertz CT molecular complexity index is 188. The number of aliphatic hydroxyl groups excluding tert-OH is 1. The third-order valence-electron chi connectivity index (χ3n) is 4.08. The first-order chi connectivity index (χ1) is 10.3. The zero-order valence-corrected chi connectivity index (χ0v) is 14.4. The Morgan fingerprint density at radius 3 is 1.86 bits per heavy atom. The van der Waals surface area contributed by atoms with Crippen molar-refractivity contribution in [3.8, 4) is 0 Å². The van der Waals surface area contributed by atoms with Crippen LogP contribution in [0.2, 0.25) is 0 Å². The molecule has 3 nitrogen and oxygen atoms in total. The average molecular weight is 301 g/mol. The molecule has 1 unspecified atom stereocenters. The number of hydrogen-bond acceptors (Lipinski definition) is 3. The van der Waals surface area contributed by atoms with Crippen molar-refractivity contribution in [2.45, 2.75) is 96.5 Å². The van der Waals surface area contributed by atoms with Crippen LogP contribution in [0.5, 0.6) is 0 Å². The van der Waals surface area contributed by atoms with Crippen LogP contribution in [0.15, 0.2) is 0 Å². The molecule has 0 aromatic carbocycles. The zero-order chi connectivity index (χ0) is 15.6. The molecule has 0 aliphatic rings. The first kappa shape index (κ1) is 20.9. The van der Waals surface area contributed by atoms with Gasteiger partial charge >= 0.3 is 0 Å². The lowest BCUT2D eigenvalue weighted by Crippen LogP contribution is -2.28. The summed E-state index contributed by atoms with van der Waals surface area (Å²) < 4.78 is 0. The fourth-order valence-corrected chi connectivity index (χ4v) is 2.64. The summed E-state index contributed by atoms with van der Waals surface area (Å²) in [6.45, 7) is 4.64. The minimum atomic E-state index is -0.179. The van der Waals surface area contributed by atoms with E-state index in [9.17, 15) is 5.11 Å². The Morgan fingerprint density at radius 2 is 1.33 bits per heavy atom. The predicted molar refractivity (Wildman–Crippen MR) is 93.6 cm³/mol. The van der Waals surface area contributed by atoms with Crippen molar-refractivity contribution in [3.63, 3.8) is 0 Å². The van der Waals surface area contributed by atoms with E-state index in [4.69, 9.17) is 5.73 Å². The number of nitrogens with one attached hydrogen (secondary N) is 1. The molecule has 0 heterocycles. The second-order valence-corrected chi connectivity index (χ2v) is 6.32. The third kappa shape index (κ3) is 17.8. The molecule has 0 aliphatic heterocycles. The monoisotopic (exact) mass is 300 g/mol. The van der Waals surface area contributed by atoms with Crippen LogP contribution in [0.1, 0.15) is 90.4 Å². The predicted octanol–water partition coefficient (Wildman–Crippen LogP) is 3.99. The number of nitrogens with two attached hydrogens (primary N) is 1. The van der Waals surface area contributed by atoms with E-state index in [1.807, 2.05) is 0 Å². The number of hydrogen-bond donors (Lipinski definition) is 3. The SMILES string of the molecule is CCCCCCCCCCCCCC(O)CNCCCN. The van der Waals surface area contributed by atoms with Gasteiger partial charge in [-0.15, -0.1) is 0 Å². The lowest BCUT2D eigenvalue weighted by atomic mass is 10.0. The highest BCUT2D eigenvalue weighted by molar-refractivity contribution is 4.60. The van der Waals surface area contributed by atoms with Crippen molar-refractivity contribution >= 4 is 0 Å². The van der Waals surface area contributed by atoms with Gasteiger partial charge in [0.1, 0.15) is 0 Å². The van der Waals surface area contributed by atoms with Crippen LogP contribution in [0, 0.1) is 0 Å². The number of rotatable bonds is 17. The van der Waals surface area contributed by atoms with Crippen LogP contribution in [0.3, 0.4) is 0 Å². The maximum absolute atomic E-state index is 9.80. The summed E-state index contributed by atoms with van der Waals surface area (Å²) in [5.74, 6) is 0. The van der Waals surface area contributed by atoms with Crippen LogP contribution < -0.4 is 11.1 Å².